The lowest BCUT2D eigenvalue weighted by molar-refractivity contribution is -0.150. The maximum Gasteiger partial charge on any atom is 0.310 e. The molecule has 116 valence electrons. The van der Waals surface area contributed by atoms with Crippen molar-refractivity contribution in [3.05, 3.63) is 0 Å². The van der Waals surface area contributed by atoms with Gasteiger partial charge in [0, 0.05) is 6.54 Å². The van der Waals surface area contributed by atoms with Gasteiger partial charge in [-0.2, -0.15) is 0 Å². The number of carboxylic acids is 1. The van der Waals surface area contributed by atoms with Gasteiger partial charge in [0.2, 0.25) is 10.0 Å². The number of aliphatic carboxylic acids is 1. The van der Waals surface area contributed by atoms with Crippen LogP contribution in [0.25, 0.3) is 0 Å². The average Bonchev–Trinajstić information content (AvgIpc) is 2.47. The van der Waals surface area contributed by atoms with E-state index in [1.165, 1.54) is 0 Å². The lowest BCUT2D eigenvalue weighted by Gasteiger charge is -2.34. The first-order chi connectivity index (χ1) is 9.46. The third-order valence-electron chi connectivity index (χ3n) is 4.87. The van der Waals surface area contributed by atoms with Crippen molar-refractivity contribution >= 4 is 16.0 Å². The number of carboxylic acid groups (broad SMARTS) is 1. The van der Waals surface area contributed by atoms with Gasteiger partial charge in [0.05, 0.1) is 10.7 Å². The van der Waals surface area contributed by atoms with Crippen LogP contribution in [-0.4, -0.2) is 31.3 Å². The van der Waals surface area contributed by atoms with Crippen molar-refractivity contribution < 1.29 is 18.3 Å². The maximum absolute atomic E-state index is 12.3. The molecule has 2 saturated carbocycles. The Hall–Kier alpha value is -0.620. The summed E-state index contributed by atoms with van der Waals surface area (Å²) in [5.41, 5.74) is -0.889. The van der Waals surface area contributed by atoms with Crippen LogP contribution in [-0.2, 0) is 14.8 Å². The smallest absolute Gasteiger partial charge is 0.310 e. The van der Waals surface area contributed by atoms with Crippen molar-refractivity contribution in [1.29, 1.82) is 0 Å². The number of carbonyl (C=O) groups is 1. The van der Waals surface area contributed by atoms with E-state index >= 15 is 0 Å². The Labute approximate surface area is 121 Å². The van der Waals surface area contributed by atoms with Gasteiger partial charge in [-0.3, -0.25) is 4.79 Å². The molecular formula is C14H25NO4S. The monoisotopic (exact) mass is 303 g/mol. The van der Waals surface area contributed by atoms with Crippen LogP contribution in [0.15, 0.2) is 0 Å². The molecule has 0 unspecified atom stereocenters. The average molecular weight is 303 g/mol. The summed E-state index contributed by atoms with van der Waals surface area (Å²) in [5, 5.41) is 9.13. The van der Waals surface area contributed by atoms with E-state index in [-0.39, 0.29) is 11.8 Å². The van der Waals surface area contributed by atoms with Crippen molar-refractivity contribution in [3.8, 4) is 0 Å². The quantitative estimate of drug-likeness (QED) is 0.816. The Morgan fingerprint density at radius 3 is 2.15 bits per heavy atom. The molecule has 0 atom stereocenters. The third-order valence-corrected chi connectivity index (χ3v) is 6.76. The fourth-order valence-corrected chi connectivity index (χ4v) is 5.09. The number of sulfonamides is 1. The molecular weight excluding hydrogens is 278 g/mol. The minimum absolute atomic E-state index is 0.0567. The van der Waals surface area contributed by atoms with Gasteiger partial charge in [0.1, 0.15) is 0 Å². The highest BCUT2D eigenvalue weighted by atomic mass is 32.2. The summed E-state index contributed by atoms with van der Waals surface area (Å²) in [7, 11) is -3.37. The van der Waals surface area contributed by atoms with Crippen LogP contribution in [0.5, 0.6) is 0 Å². The molecule has 2 N–H and O–H groups in total. The van der Waals surface area contributed by atoms with Crippen molar-refractivity contribution in [2.45, 2.75) is 69.5 Å². The number of nitrogens with one attached hydrogen (secondary N) is 1. The molecule has 2 aliphatic carbocycles. The van der Waals surface area contributed by atoms with Crippen molar-refractivity contribution in [1.82, 2.24) is 4.72 Å². The maximum atomic E-state index is 12.3. The lowest BCUT2D eigenvalue weighted by atomic mass is 9.74. The van der Waals surface area contributed by atoms with Crippen molar-refractivity contribution in [2.75, 3.05) is 6.54 Å². The molecule has 0 saturated heterocycles. The molecule has 0 bridgehead atoms. The van der Waals surface area contributed by atoms with Crippen LogP contribution in [0.4, 0.5) is 0 Å². The van der Waals surface area contributed by atoms with E-state index in [1.54, 1.807) is 0 Å². The first kappa shape index (κ1) is 15.8. The molecule has 5 nitrogen and oxygen atoms in total. The van der Waals surface area contributed by atoms with Gasteiger partial charge in [-0.25, -0.2) is 13.1 Å². The zero-order valence-corrected chi connectivity index (χ0v) is 12.8. The first-order valence-corrected chi connectivity index (χ1v) is 9.23. The summed E-state index contributed by atoms with van der Waals surface area (Å²) in [6.45, 7) is 0.0567. The molecule has 2 aliphatic rings. The summed E-state index contributed by atoms with van der Waals surface area (Å²) in [6, 6.07) is 0. The Morgan fingerprint density at radius 1 is 1.05 bits per heavy atom. The summed E-state index contributed by atoms with van der Waals surface area (Å²) in [5.74, 6) is -0.858. The standard InChI is InChI=1S/C14H25NO4S/c16-13(17)14(9-5-2-6-10-14)11-15-20(18,19)12-7-3-1-4-8-12/h12,15H,1-11H2,(H,16,17). The van der Waals surface area contributed by atoms with E-state index in [0.29, 0.717) is 25.7 Å². The van der Waals surface area contributed by atoms with Gasteiger partial charge < -0.3 is 5.11 Å². The second-order valence-corrected chi connectivity index (χ2v) is 8.32. The zero-order valence-electron chi connectivity index (χ0n) is 11.9. The molecule has 0 heterocycles. The topological polar surface area (TPSA) is 83.5 Å². The minimum Gasteiger partial charge on any atom is -0.481 e. The molecule has 0 amide bonds. The fraction of sp³-hybridized carbons (Fsp3) is 0.929. The predicted molar refractivity (Wildman–Crippen MR) is 76.9 cm³/mol. The molecule has 0 radical (unpaired) electrons. The first-order valence-electron chi connectivity index (χ1n) is 7.68. The molecule has 0 aromatic carbocycles. The molecule has 6 heteroatoms. The van der Waals surface area contributed by atoms with E-state index in [0.717, 1.165) is 38.5 Å². The molecule has 2 fully saturated rings. The van der Waals surface area contributed by atoms with Crippen LogP contribution in [0.1, 0.15) is 64.2 Å². The molecule has 0 spiro atoms. The van der Waals surface area contributed by atoms with E-state index in [1.807, 2.05) is 0 Å². The lowest BCUT2D eigenvalue weighted by Crippen LogP contribution is -2.46. The second kappa shape index (κ2) is 6.43. The van der Waals surface area contributed by atoms with E-state index in [2.05, 4.69) is 4.72 Å². The van der Waals surface area contributed by atoms with E-state index in [9.17, 15) is 18.3 Å². The third kappa shape index (κ3) is 3.52. The van der Waals surface area contributed by atoms with Gasteiger partial charge >= 0.3 is 5.97 Å². The summed E-state index contributed by atoms with van der Waals surface area (Å²) in [6.07, 6.45) is 8.37. The highest BCUT2D eigenvalue weighted by molar-refractivity contribution is 7.90. The van der Waals surface area contributed by atoms with E-state index in [4.69, 9.17) is 0 Å². The molecule has 0 aliphatic heterocycles. The Morgan fingerprint density at radius 2 is 1.60 bits per heavy atom. The normalized spacial score (nSPS) is 24.4. The van der Waals surface area contributed by atoms with Crippen molar-refractivity contribution in [3.63, 3.8) is 0 Å². The van der Waals surface area contributed by atoms with Crippen LogP contribution in [0.2, 0.25) is 0 Å². The van der Waals surface area contributed by atoms with E-state index < -0.39 is 21.4 Å². The van der Waals surface area contributed by atoms with Crippen molar-refractivity contribution in [2.24, 2.45) is 5.41 Å². The summed E-state index contributed by atoms with van der Waals surface area (Å²) < 4.78 is 27.2. The Bertz CT molecular complexity index is 434. The summed E-state index contributed by atoms with van der Waals surface area (Å²) >= 11 is 0. The predicted octanol–water partition coefficient (Wildman–Crippen LogP) is 2.27. The zero-order chi connectivity index (χ0) is 14.6. The number of hydrogen-bond acceptors (Lipinski definition) is 3. The highest BCUT2D eigenvalue weighted by Crippen LogP contribution is 2.36. The van der Waals surface area contributed by atoms with Crippen LogP contribution in [0.3, 0.4) is 0 Å². The van der Waals surface area contributed by atoms with Crippen LogP contribution < -0.4 is 4.72 Å². The van der Waals surface area contributed by atoms with Gasteiger partial charge in [-0.05, 0) is 25.7 Å². The largest absolute Gasteiger partial charge is 0.481 e. The van der Waals surface area contributed by atoms with Gasteiger partial charge in [-0.15, -0.1) is 0 Å². The van der Waals surface area contributed by atoms with Gasteiger partial charge in [-0.1, -0.05) is 38.5 Å². The number of hydrogen-bond donors (Lipinski definition) is 2. The minimum atomic E-state index is -3.37. The highest BCUT2D eigenvalue weighted by Gasteiger charge is 2.41. The molecule has 20 heavy (non-hydrogen) atoms. The second-order valence-electron chi connectivity index (χ2n) is 6.27. The number of rotatable bonds is 5. The fourth-order valence-electron chi connectivity index (χ4n) is 3.43. The molecule has 0 aromatic heterocycles. The summed E-state index contributed by atoms with van der Waals surface area (Å²) in [4.78, 5) is 11.5. The van der Waals surface area contributed by atoms with Gasteiger partial charge in [0.15, 0.2) is 0 Å². The van der Waals surface area contributed by atoms with Crippen LogP contribution in [0, 0.1) is 5.41 Å². The molecule has 2 rings (SSSR count). The Balaban J connectivity index is 1.99. The van der Waals surface area contributed by atoms with Crippen LogP contribution >= 0.6 is 0 Å². The Kier molecular flexibility index (Phi) is 5.07. The molecule has 0 aromatic rings. The SMILES string of the molecule is O=C(O)C1(CNS(=O)(=O)C2CCCCC2)CCCCC1. The van der Waals surface area contributed by atoms with Gasteiger partial charge in [0.25, 0.3) is 0 Å².